The number of esters is 1. The number of imide groups is 1. The fourth-order valence-electron chi connectivity index (χ4n) is 5.72. The van der Waals surface area contributed by atoms with Crippen molar-refractivity contribution in [2.75, 3.05) is 6.61 Å². The standard InChI is InChI=1S/C24H29NO5/c1-12(2)21(24(29)30-11-18(26)17-9-13(3)5-6-14(17)4)25-22(27)19-15-7-8-16(10-15)20(19)23(25)28/h5-6,9,12,15-16,19-21H,7-8,10-11H2,1-4H3/t15-,16-,19-,20+,21+/m1/s1. The molecule has 0 aromatic heterocycles. The molecule has 3 aliphatic rings. The van der Waals surface area contributed by atoms with Gasteiger partial charge in [-0.2, -0.15) is 0 Å². The maximum Gasteiger partial charge on any atom is 0.330 e. The molecule has 2 aliphatic carbocycles. The molecule has 2 bridgehead atoms. The summed E-state index contributed by atoms with van der Waals surface area (Å²) in [5.41, 5.74) is 2.28. The summed E-state index contributed by atoms with van der Waals surface area (Å²) < 4.78 is 5.34. The number of carbonyl (C=O) groups excluding carboxylic acids is 4. The molecule has 1 aromatic rings. The summed E-state index contributed by atoms with van der Waals surface area (Å²) in [6.07, 6.45) is 2.92. The zero-order chi connectivity index (χ0) is 21.7. The van der Waals surface area contributed by atoms with E-state index in [1.165, 1.54) is 0 Å². The number of rotatable bonds is 6. The zero-order valence-electron chi connectivity index (χ0n) is 18.0. The number of ether oxygens (including phenoxy) is 1. The van der Waals surface area contributed by atoms with Gasteiger partial charge in [-0.15, -0.1) is 0 Å². The number of ketones is 1. The second-order valence-electron chi connectivity index (χ2n) is 9.47. The molecule has 30 heavy (non-hydrogen) atoms. The smallest absolute Gasteiger partial charge is 0.330 e. The van der Waals surface area contributed by atoms with Crippen LogP contribution in [0.5, 0.6) is 0 Å². The quantitative estimate of drug-likeness (QED) is 0.408. The molecule has 0 radical (unpaired) electrons. The van der Waals surface area contributed by atoms with Crippen LogP contribution < -0.4 is 0 Å². The van der Waals surface area contributed by atoms with E-state index < -0.39 is 18.6 Å². The minimum absolute atomic E-state index is 0.228. The summed E-state index contributed by atoms with van der Waals surface area (Å²) in [5.74, 6) is -1.75. The van der Waals surface area contributed by atoms with Crippen LogP contribution in [0.15, 0.2) is 18.2 Å². The minimum atomic E-state index is -0.985. The normalized spacial score (nSPS) is 28.2. The maximum absolute atomic E-state index is 13.1. The number of hydrogen-bond donors (Lipinski definition) is 0. The molecule has 5 atom stereocenters. The van der Waals surface area contributed by atoms with Gasteiger partial charge >= 0.3 is 5.97 Å². The van der Waals surface area contributed by atoms with Crippen LogP contribution in [0.4, 0.5) is 0 Å². The van der Waals surface area contributed by atoms with E-state index in [1.807, 2.05) is 26.0 Å². The Kier molecular flexibility index (Phi) is 5.28. The number of nitrogens with zero attached hydrogens (tertiary/aromatic N) is 1. The lowest BCUT2D eigenvalue weighted by Crippen LogP contribution is -2.50. The molecule has 3 fully saturated rings. The Labute approximate surface area is 177 Å². The van der Waals surface area contributed by atoms with E-state index in [-0.39, 0.29) is 47.2 Å². The van der Waals surface area contributed by atoms with Crippen LogP contribution >= 0.6 is 0 Å². The van der Waals surface area contributed by atoms with E-state index in [1.54, 1.807) is 19.9 Å². The van der Waals surface area contributed by atoms with E-state index in [0.29, 0.717) is 5.56 Å². The third-order valence-corrected chi connectivity index (χ3v) is 7.15. The van der Waals surface area contributed by atoms with E-state index in [9.17, 15) is 19.2 Å². The monoisotopic (exact) mass is 411 g/mol. The maximum atomic E-state index is 13.1. The third kappa shape index (κ3) is 3.26. The van der Waals surface area contributed by atoms with Gasteiger partial charge in [0, 0.05) is 5.56 Å². The predicted octanol–water partition coefficient (Wildman–Crippen LogP) is 3.09. The van der Waals surface area contributed by atoms with Crippen molar-refractivity contribution in [2.45, 2.75) is 53.0 Å². The third-order valence-electron chi connectivity index (χ3n) is 7.15. The zero-order valence-corrected chi connectivity index (χ0v) is 18.0. The van der Waals surface area contributed by atoms with Gasteiger partial charge in [0.2, 0.25) is 17.6 Å². The molecule has 1 aliphatic heterocycles. The first-order valence-electron chi connectivity index (χ1n) is 10.8. The molecule has 4 rings (SSSR count). The molecule has 0 unspecified atom stereocenters. The topological polar surface area (TPSA) is 80.8 Å². The first kappa shape index (κ1) is 20.8. The number of aryl methyl sites for hydroxylation is 2. The summed E-state index contributed by atoms with van der Waals surface area (Å²) in [5, 5.41) is 0. The highest BCUT2D eigenvalue weighted by Gasteiger charge is 2.62. The molecule has 1 heterocycles. The largest absolute Gasteiger partial charge is 0.456 e. The van der Waals surface area contributed by atoms with Crippen LogP contribution in [0.1, 0.15) is 54.6 Å². The number of Topliss-reactive ketones (excluding diaryl/α,β-unsaturated/α-hetero) is 1. The van der Waals surface area contributed by atoms with Gasteiger partial charge in [-0.1, -0.05) is 31.5 Å². The number of carbonyl (C=O) groups is 4. The number of benzene rings is 1. The Morgan fingerprint density at radius 2 is 1.67 bits per heavy atom. The van der Waals surface area contributed by atoms with Crippen molar-refractivity contribution < 1.29 is 23.9 Å². The van der Waals surface area contributed by atoms with Crippen molar-refractivity contribution in [2.24, 2.45) is 29.6 Å². The van der Waals surface area contributed by atoms with Crippen LogP contribution in [-0.2, 0) is 19.1 Å². The lowest BCUT2D eigenvalue weighted by atomic mass is 9.81. The van der Waals surface area contributed by atoms with E-state index in [0.717, 1.165) is 35.3 Å². The summed E-state index contributed by atoms with van der Waals surface area (Å²) in [4.78, 5) is 52.9. The van der Waals surface area contributed by atoms with Gasteiger partial charge < -0.3 is 4.74 Å². The highest BCUT2D eigenvalue weighted by atomic mass is 16.5. The molecular formula is C24H29NO5. The van der Waals surface area contributed by atoms with Crippen molar-refractivity contribution in [3.8, 4) is 0 Å². The fourth-order valence-corrected chi connectivity index (χ4v) is 5.72. The van der Waals surface area contributed by atoms with Gasteiger partial charge in [0.1, 0.15) is 6.04 Å². The van der Waals surface area contributed by atoms with Crippen LogP contribution in [0.2, 0.25) is 0 Å². The SMILES string of the molecule is Cc1ccc(C)c(C(=O)COC(=O)[C@H](C(C)C)N2C(=O)[C@@H]3[C@@H]4CC[C@H](C4)[C@@H]3C2=O)c1. The first-order chi connectivity index (χ1) is 14.2. The minimum Gasteiger partial charge on any atom is -0.456 e. The van der Waals surface area contributed by atoms with Crippen LogP contribution in [0.3, 0.4) is 0 Å². The average molecular weight is 411 g/mol. The van der Waals surface area contributed by atoms with Crippen molar-refractivity contribution in [1.29, 1.82) is 0 Å². The van der Waals surface area contributed by atoms with Gasteiger partial charge in [-0.25, -0.2) is 4.79 Å². The molecule has 160 valence electrons. The fraction of sp³-hybridized carbons (Fsp3) is 0.583. The predicted molar refractivity (Wildman–Crippen MR) is 109 cm³/mol. The van der Waals surface area contributed by atoms with Gasteiger partial charge in [0.15, 0.2) is 6.61 Å². The van der Waals surface area contributed by atoms with E-state index in [2.05, 4.69) is 0 Å². The van der Waals surface area contributed by atoms with E-state index in [4.69, 9.17) is 4.74 Å². The van der Waals surface area contributed by atoms with Crippen LogP contribution in [0.25, 0.3) is 0 Å². The lowest BCUT2D eigenvalue weighted by Gasteiger charge is -2.28. The number of amides is 2. The number of likely N-dealkylation sites (tertiary alicyclic amines) is 1. The van der Waals surface area contributed by atoms with Gasteiger partial charge in [0.05, 0.1) is 11.8 Å². The Balaban J connectivity index is 1.49. The lowest BCUT2D eigenvalue weighted by molar-refractivity contribution is -0.160. The first-order valence-corrected chi connectivity index (χ1v) is 10.8. The Bertz CT molecular complexity index is 892. The summed E-state index contributed by atoms with van der Waals surface area (Å²) in [7, 11) is 0. The van der Waals surface area contributed by atoms with Crippen molar-refractivity contribution in [3.63, 3.8) is 0 Å². The Hall–Kier alpha value is -2.50. The van der Waals surface area contributed by atoms with Crippen LogP contribution in [0, 0.1) is 43.4 Å². The molecule has 2 amide bonds. The molecule has 0 N–H and O–H groups in total. The molecule has 2 saturated carbocycles. The number of hydrogen-bond acceptors (Lipinski definition) is 5. The Morgan fingerprint density at radius 3 is 2.23 bits per heavy atom. The van der Waals surface area contributed by atoms with Crippen LogP contribution in [-0.4, -0.2) is 41.1 Å². The van der Waals surface area contributed by atoms with Gasteiger partial charge in [-0.3, -0.25) is 19.3 Å². The Morgan fingerprint density at radius 1 is 1.07 bits per heavy atom. The summed E-state index contributed by atoms with van der Waals surface area (Å²) in [6.45, 7) is 6.91. The average Bonchev–Trinajstić information content (AvgIpc) is 3.37. The molecule has 1 aromatic carbocycles. The molecule has 6 nitrogen and oxygen atoms in total. The summed E-state index contributed by atoms with van der Waals surface area (Å²) >= 11 is 0. The van der Waals surface area contributed by atoms with Gasteiger partial charge in [0.25, 0.3) is 0 Å². The van der Waals surface area contributed by atoms with Crippen molar-refractivity contribution >= 4 is 23.6 Å². The molecule has 6 heteroatoms. The molecule has 1 saturated heterocycles. The van der Waals surface area contributed by atoms with Gasteiger partial charge in [-0.05, 0) is 62.5 Å². The number of fused-ring (bicyclic) bond motifs is 5. The molecular weight excluding hydrogens is 382 g/mol. The second-order valence-corrected chi connectivity index (χ2v) is 9.47. The molecule has 0 spiro atoms. The van der Waals surface area contributed by atoms with Crippen molar-refractivity contribution in [3.05, 3.63) is 34.9 Å². The van der Waals surface area contributed by atoms with E-state index >= 15 is 0 Å². The highest BCUT2D eigenvalue weighted by molar-refractivity contribution is 6.09. The summed E-state index contributed by atoms with van der Waals surface area (Å²) in [6, 6.07) is 4.56. The highest BCUT2D eigenvalue weighted by Crippen LogP contribution is 2.56. The second kappa shape index (κ2) is 7.64. The van der Waals surface area contributed by atoms with Crippen molar-refractivity contribution in [1.82, 2.24) is 4.90 Å².